The van der Waals surface area contributed by atoms with Crippen molar-refractivity contribution in [3.05, 3.63) is 59.2 Å². The Labute approximate surface area is 136 Å². The first-order valence-electron chi connectivity index (χ1n) is 7.21. The lowest BCUT2D eigenvalue weighted by molar-refractivity contribution is -0.114. The molecule has 23 heavy (non-hydrogen) atoms. The van der Waals surface area contributed by atoms with Gasteiger partial charge in [-0.05, 0) is 54.8 Å². The van der Waals surface area contributed by atoms with E-state index in [0.29, 0.717) is 5.69 Å². The Balaban J connectivity index is 2.06. The number of hydrogen-bond acceptors (Lipinski definition) is 3. The van der Waals surface area contributed by atoms with Crippen LogP contribution in [0.3, 0.4) is 0 Å². The van der Waals surface area contributed by atoms with Crippen molar-refractivity contribution < 1.29 is 13.2 Å². The Bertz CT molecular complexity index is 812. The summed E-state index contributed by atoms with van der Waals surface area (Å²) < 4.78 is 27.2. The highest BCUT2D eigenvalue weighted by atomic mass is 32.2. The molecule has 0 aliphatic carbocycles. The summed E-state index contributed by atoms with van der Waals surface area (Å²) in [5, 5.41) is 2.66. The molecule has 2 N–H and O–H groups in total. The van der Waals surface area contributed by atoms with Crippen LogP contribution in [0.15, 0.2) is 47.4 Å². The van der Waals surface area contributed by atoms with Crippen LogP contribution in [0.5, 0.6) is 0 Å². The van der Waals surface area contributed by atoms with Gasteiger partial charge in [-0.25, -0.2) is 13.1 Å². The number of rotatable bonds is 5. The Morgan fingerprint density at radius 2 is 1.65 bits per heavy atom. The smallest absolute Gasteiger partial charge is 0.240 e. The summed E-state index contributed by atoms with van der Waals surface area (Å²) in [5.41, 5.74) is 3.48. The lowest BCUT2D eigenvalue weighted by Gasteiger charge is -2.09. The molecule has 0 spiro atoms. The first kappa shape index (κ1) is 17.2. The van der Waals surface area contributed by atoms with Gasteiger partial charge in [0.1, 0.15) is 0 Å². The molecule has 2 rings (SSSR count). The largest absolute Gasteiger partial charge is 0.326 e. The number of aryl methyl sites for hydroxylation is 2. The molecule has 1 amide bonds. The maximum absolute atomic E-state index is 12.3. The predicted octanol–water partition coefficient (Wildman–Crippen LogP) is 2.74. The SMILES string of the molecule is CC(=O)Nc1ccc(CNS(=O)(=O)c2ccc(C)c(C)c2)cc1. The zero-order chi connectivity index (χ0) is 17.0. The molecule has 0 aromatic heterocycles. The molecule has 0 atom stereocenters. The van der Waals surface area contributed by atoms with Crippen molar-refractivity contribution in [2.24, 2.45) is 0 Å². The van der Waals surface area contributed by atoms with Crippen LogP contribution in [0.1, 0.15) is 23.6 Å². The molecular weight excluding hydrogens is 312 g/mol. The monoisotopic (exact) mass is 332 g/mol. The number of carbonyl (C=O) groups excluding carboxylic acids is 1. The van der Waals surface area contributed by atoms with E-state index in [2.05, 4.69) is 10.0 Å². The fourth-order valence-electron chi connectivity index (χ4n) is 2.05. The summed E-state index contributed by atoms with van der Waals surface area (Å²) in [7, 11) is -3.55. The molecule has 2 aromatic rings. The number of hydrogen-bond donors (Lipinski definition) is 2. The molecule has 0 saturated carbocycles. The van der Waals surface area contributed by atoms with E-state index in [1.165, 1.54) is 6.92 Å². The van der Waals surface area contributed by atoms with E-state index in [4.69, 9.17) is 0 Å². The van der Waals surface area contributed by atoms with Gasteiger partial charge < -0.3 is 5.32 Å². The van der Waals surface area contributed by atoms with Crippen LogP contribution in [0.25, 0.3) is 0 Å². The second-order valence-corrected chi connectivity index (χ2v) is 7.22. The van der Waals surface area contributed by atoms with Crippen LogP contribution >= 0.6 is 0 Å². The van der Waals surface area contributed by atoms with Crippen molar-refractivity contribution in [1.29, 1.82) is 0 Å². The van der Waals surface area contributed by atoms with E-state index < -0.39 is 10.0 Å². The first-order chi connectivity index (χ1) is 10.8. The Hall–Kier alpha value is -2.18. The second kappa shape index (κ2) is 6.93. The van der Waals surface area contributed by atoms with E-state index in [0.717, 1.165) is 16.7 Å². The summed E-state index contributed by atoms with van der Waals surface area (Å²) in [5.74, 6) is -0.145. The highest BCUT2D eigenvalue weighted by Gasteiger charge is 2.14. The van der Waals surface area contributed by atoms with Crippen LogP contribution in [-0.4, -0.2) is 14.3 Å². The van der Waals surface area contributed by atoms with Crippen molar-refractivity contribution in [2.75, 3.05) is 5.32 Å². The van der Waals surface area contributed by atoms with E-state index in [1.807, 2.05) is 13.8 Å². The molecule has 0 radical (unpaired) electrons. The van der Waals surface area contributed by atoms with Gasteiger partial charge in [-0.3, -0.25) is 4.79 Å². The Morgan fingerprint density at radius 3 is 2.22 bits per heavy atom. The van der Waals surface area contributed by atoms with Crippen LogP contribution in [-0.2, 0) is 21.4 Å². The molecule has 0 unspecified atom stereocenters. The van der Waals surface area contributed by atoms with Crippen molar-refractivity contribution >= 4 is 21.6 Å². The fourth-order valence-corrected chi connectivity index (χ4v) is 3.15. The van der Waals surface area contributed by atoms with Gasteiger partial charge in [-0.1, -0.05) is 18.2 Å². The van der Waals surface area contributed by atoms with Gasteiger partial charge in [0, 0.05) is 19.2 Å². The molecule has 6 heteroatoms. The number of nitrogens with one attached hydrogen (secondary N) is 2. The maximum atomic E-state index is 12.3. The average Bonchev–Trinajstić information content (AvgIpc) is 2.49. The standard InChI is InChI=1S/C17H20N2O3S/c1-12-4-9-17(10-13(12)2)23(21,22)18-11-15-5-7-16(8-6-15)19-14(3)20/h4-10,18H,11H2,1-3H3,(H,19,20). The first-order valence-corrected chi connectivity index (χ1v) is 8.70. The topological polar surface area (TPSA) is 75.3 Å². The lowest BCUT2D eigenvalue weighted by atomic mass is 10.1. The van der Waals surface area contributed by atoms with E-state index in [-0.39, 0.29) is 17.3 Å². The summed E-state index contributed by atoms with van der Waals surface area (Å²) in [4.78, 5) is 11.2. The number of benzene rings is 2. The average molecular weight is 332 g/mol. The third-order valence-corrected chi connectivity index (χ3v) is 4.93. The maximum Gasteiger partial charge on any atom is 0.240 e. The highest BCUT2D eigenvalue weighted by molar-refractivity contribution is 7.89. The minimum atomic E-state index is -3.55. The summed E-state index contributed by atoms with van der Waals surface area (Å²) in [6.07, 6.45) is 0. The van der Waals surface area contributed by atoms with Crippen molar-refractivity contribution in [2.45, 2.75) is 32.2 Å². The molecule has 0 fully saturated rings. The molecular formula is C17H20N2O3S. The Kier molecular flexibility index (Phi) is 5.18. The predicted molar refractivity (Wildman–Crippen MR) is 90.7 cm³/mol. The molecule has 0 aliphatic heterocycles. The third-order valence-electron chi connectivity index (χ3n) is 3.53. The van der Waals surface area contributed by atoms with Crippen LogP contribution in [0.4, 0.5) is 5.69 Å². The molecule has 5 nitrogen and oxygen atoms in total. The van der Waals surface area contributed by atoms with E-state index in [1.54, 1.807) is 42.5 Å². The van der Waals surface area contributed by atoms with Crippen molar-refractivity contribution in [1.82, 2.24) is 4.72 Å². The highest BCUT2D eigenvalue weighted by Crippen LogP contribution is 2.15. The molecule has 0 saturated heterocycles. The third kappa shape index (κ3) is 4.64. The van der Waals surface area contributed by atoms with Gasteiger partial charge in [-0.2, -0.15) is 0 Å². The van der Waals surface area contributed by atoms with Crippen molar-refractivity contribution in [3.63, 3.8) is 0 Å². The number of amides is 1. The Morgan fingerprint density at radius 1 is 1.00 bits per heavy atom. The zero-order valence-electron chi connectivity index (χ0n) is 13.4. The molecule has 0 heterocycles. The normalized spacial score (nSPS) is 11.3. The quantitative estimate of drug-likeness (QED) is 0.884. The number of carbonyl (C=O) groups is 1. The summed E-state index contributed by atoms with van der Waals surface area (Å²) in [6, 6.07) is 12.1. The minimum absolute atomic E-state index is 0.145. The van der Waals surface area contributed by atoms with Crippen LogP contribution < -0.4 is 10.0 Å². The second-order valence-electron chi connectivity index (χ2n) is 5.45. The van der Waals surface area contributed by atoms with E-state index >= 15 is 0 Å². The van der Waals surface area contributed by atoms with Crippen molar-refractivity contribution in [3.8, 4) is 0 Å². The lowest BCUT2D eigenvalue weighted by Crippen LogP contribution is -2.23. The van der Waals surface area contributed by atoms with Gasteiger partial charge in [-0.15, -0.1) is 0 Å². The molecule has 0 aliphatic rings. The van der Waals surface area contributed by atoms with Gasteiger partial charge in [0.2, 0.25) is 15.9 Å². The summed E-state index contributed by atoms with van der Waals surface area (Å²) in [6.45, 7) is 5.45. The minimum Gasteiger partial charge on any atom is -0.326 e. The van der Waals surface area contributed by atoms with Gasteiger partial charge in [0.25, 0.3) is 0 Å². The summed E-state index contributed by atoms with van der Waals surface area (Å²) >= 11 is 0. The number of anilines is 1. The van der Waals surface area contributed by atoms with Crippen LogP contribution in [0.2, 0.25) is 0 Å². The van der Waals surface area contributed by atoms with E-state index in [9.17, 15) is 13.2 Å². The molecule has 122 valence electrons. The molecule has 2 aromatic carbocycles. The fraction of sp³-hybridized carbons (Fsp3) is 0.235. The van der Waals surface area contributed by atoms with Gasteiger partial charge in [0.15, 0.2) is 0 Å². The van der Waals surface area contributed by atoms with Gasteiger partial charge in [0.05, 0.1) is 4.90 Å². The van der Waals surface area contributed by atoms with Crippen LogP contribution in [0, 0.1) is 13.8 Å². The molecule has 0 bridgehead atoms. The zero-order valence-corrected chi connectivity index (χ0v) is 14.2. The number of sulfonamides is 1. The van der Waals surface area contributed by atoms with Gasteiger partial charge >= 0.3 is 0 Å².